The molecule has 30 heavy (non-hydrogen) atoms. The van der Waals surface area contributed by atoms with E-state index in [0.29, 0.717) is 11.3 Å². The molecule has 0 radical (unpaired) electrons. The lowest BCUT2D eigenvalue weighted by Crippen LogP contribution is -2.29. The lowest BCUT2D eigenvalue weighted by atomic mass is 10.0. The highest BCUT2D eigenvalue weighted by Gasteiger charge is 2.23. The summed E-state index contributed by atoms with van der Waals surface area (Å²) in [7, 11) is -2.22. The predicted molar refractivity (Wildman–Crippen MR) is 120 cm³/mol. The number of amides is 1. The van der Waals surface area contributed by atoms with Crippen LogP contribution in [0.15, 0.2) is 77.7 Å². The second kappa shape index (κ2) is 8.71. The second-order valence-corrected chi connectivity index (χ2v) is 9.31. The Kier molecular flexibility index (Phi) is 6.27. The van der Waals surface area contributed by atoms with Crippen molar-refractivity contribution >= 4 is 21.6 Å². The Morgan fingerprint density at radius 2 is 1.53 bits per heavy atom. The van der Waals surface area contributed by atoms with E-state index in [-0.39, 0.29) is 16.8 Å². The third-order valence-corrected chi connectivity index (χ3v) is 7.00. The highest BCUT2D eigenvalue weighted by atomic mass is 32.2. The number of rotatable bonds is 6. The van der Waals surface area contributed by atoms with Crippen molar-refractivity contribution in [2.24, 2.45) is 0 Å². The number of carbonyl (C=O) groups excluding carboxylic acids is 1. The highest BCUT2D eigenvalue weighted by molar-refractivity contribution is 7.92. The smallest absolute Gasteiger partial charge is 0.264 e. The minimum Gasteiger partial charge on any atom is -0.346 e. The number of carbonyl (C=O) groups is 1. The molecule has 0 heterocycles. The molecule has 3 rings (SSSR count). The van der Waals surface area contributed by atoms with E-state index in [0.717, 1.165) is 16.7 Å². The molecule has 1 atom stereocenters. The van der Waals surface area contributed by atoms with Crippen LogP contribution in [0.5, 0.6) is 0 Å². The molecule has 0 saturated heterocycles. The fourth-order valence-electron chi connectivity index (χ4n) is 3.40. The molecule has 0 fully saturated rings. The summed E-state index contributed by atoms with van der Waals surface area (Å²) in [5, 5.41) is 3.00. The van der Waals surface area contributed by atoms with Crippen molar-refractivity contribution in [2.45, 2.75) is 31.7 Å². The van der Waals surface area contributed by atoms with Crippen molar-refractivity contribution in [1.82, 2.24) is 5.32 Å². The van der Waals surface area contributed by atoms with E-state index in [9.17, 15) is 13.2 Å². The van der Waals surface area contributed by atoms with Crippen LogP contribution in [-0.2, 0) is 10.0 Å². The molecule has 0 aliphatic heterocycles. The van der Waals surface area contributed by atoms with Gasteiger partial charge in [0.25, 0.3) is 15.9 Å². The molecule has 1 N–H and O–H groups in total. The van der Waals surface area contributed by atoms with Gasteiger partial charge in [0, 0.05) is 12.6 Å². The number of sulfonamides is 1. The van der Waals surface area contributed by atoms with Crippen molar-refractivity contribution < 1.29 is 13.2 Å². The van der Waals surface area contributed by atoms with Crippen LogP contribution in [0.3, 0.4) is 0 Å². The quantitative estimate of drug-likeness (QED) is 0.630. The zero-order valence-electron chi connectivity index (χ0n) is 17.6. The summed E-state index contributed by atoms with van der Waals surface area (Å²) >= 11 is 0. The number of anilines is 1. The van der Waals surface area contributed by atoms with Crippen molar-refractivity contribution in [3.8, 4) is 0 Å². The normalized spacial score (nSPS) is 12.3. The monoisotopic (exact) mass is 422 g/mol. The molecule has 0 spiro atoms. The molecule has 5 nitrogen and oxygen atoms in total. The molecule has 0 bridgehead atoms. The maximum Gasteiger partial charge on any atom is 0.264 e. The van der Waals surface area contributed by atoms with Gasteiger partial charge in [-0.3, -0.25) is 9.10 Å². The Bertz CT molecular complexity index is 1160. The van der Waals surface area contributed by atoms with Crippen LogP contribution in [0, 0.1) is 13.8 Å². The summed E-state index contributed by atoms with van der Waals surface area (Å²) < 4.78 is 27.2. The van der Waals surface area contributed by atoms with E-state index in [1.807, 2.05) is 45.0 Å². The predicted octanol–water partition coefficient (Wildman–Crippen LogP) is 4.62. The van der Waals surface area contributed by atoms with Gasteiger partial charge in [-0.25, -0.2) is 8.42 Å². The molecule has 0 aromatic heterocycles. The Balaban J connectivity index is 1.88. The Labute approximate surface area is 178 Å². The van der Waals surface area contributed by atoms with E-state index < -0.39 is 10.0 Å². The molecule has 156 valence electrons. The summed E-state index contributed by atoms with van der Waals surface area (Å²) in [5.74, 6) is -0.252. The Morgan fingerprint density at radius 1 is 0.900 bits per heavy atom. The number of nitrogens with zero attached hydrogens (tertiary/aromatic N) is 1. The van der Waals surface area contributed by atoms with Crippen LogP contribution in [-0.4, -0.2) is 21.4 Å². The van der Waals surface area contributed by atoms with Crippen LogP contribution in [0.25, 0.3) is 0 Å². The fourth-order valence-corrected chi connectivity index (χ4v) is 4.67. The van der Waals surface area contributed by atoms with Crippen LogP contribution in [0.2, 0.25) is 0 Å². The third-order valence-electron chi connectivity index (χ3n) is 5.21. The lowest BCUT2D eigenvalue weighted by Gasteiger charge is -2.22. The van der Waals surface area contributed by atoms with Gasteiger partial charge in [-0.1, -0.05) is 48.5 Å². The SMILES string of the molecule is Cc1ccccc1C(C)NC(=O)c1ccc(C)c(N(C)S(=O)(=O)c2ccccc2)c1. The van der Waals surface area contributed by atoms with Crippen LogP contribution < -0.4 is 9.62 Å². The summed E-state index contributed by atoms with van der Waals surface area (Å²) in [6.45, 7) is 5.76. The molecule has 3 aromatic rings. The molecular formula is C24H26N2O3S. The van der Waals surface area contributed by atoms with Gasteiger partial charge in [0.15, 0.2) is 0 Å². The van der Waals surface area contributed by atoms with Gasteiger partial charge in [0.1, 0.15) is 0 Å². The average Bonchev–Trinajstić information content (AvgIpc) is 2.74. The number of benzene rings is 3. The summed E-state index contributed by atoms with van der Waals surface area (Å²) in [4.78, 5) is 13.1. The number of aryl methyl sites for hydroxylation is 2. The molecule has 1 unspecified atom stereocenters. The van der Waals surface area contributed by atoms with E-state index in [1.165, 1.54) is 11.4 Å². The third kappa shape index (κ3) is 4.39. The van der Waals surface area contributed by atoms with Gasteiger partial charge in [-0.05, 0) is 61.7 Å². The van der Waals surface area contributed by atoms with Gasteiger partial charge in [0.05, 0.1) is 16.6 Å². The molecular weight excluding hydrogens is 396 g/mol. The summed E-state index contributed by atoms with van der Waals surface area (Å²) in [6, 6.07) is 21.1. The van der Waals surface area contributed by atoms with Crippen molar-refractivity contribution in [2.75, 3.05) is 11.4 Å². The standard InChI is InChI=1S/C24H26N2O3S/c1-17-10-8-9-13-22(17)19(3)25-24(27)20-15-14-18(2)23(16-20)26(4)30(28,29)21-11-6-5-7-12-21/h5-16,19H,1-4H3,(H,25,27). The maximum absolute atomic E-state index is 13.0. The molecule has 1 amide bonds. The van der Waals surface area contributed by atoms with Gasteiger partial charge >= 0.3 is 0 Å². The van der Waals surface area contributed by atoms with Gasteiger partial charge < -0.3 is 5.32 Å². The van der Waals surface area contributed by atoms with Gasteiger partial charge in [-0.2, -0.15) is 0 Å². The van der Waals surface area contributed by atoms with E-state index in [1.54, 1.807) is 48.5 Å². The fraction of sp³-hybridized carbons (Fsp3) is 0.208. The van der Waals surface area contributed by atoms with Crippen molar-refractivity contribution in [3.63, 3.8) is 0 Å². The van der Waals surface area contributed by atoms with Crippen LogP contribution >= 0.6 is 0 Å². The van der Waals surface area contributed by atoms with Crippen molar-refractivity contribution in [1.29, 1.82) is 0 Å². The second-order valence-electron chi connectivity index (χ2n) is 7.34. The first-order valence-corrected chi connectivity index (χ1v) is 11.2. The largest absolute Gasteiger partial charge is 0.346 e. The number of nitrogens with one attached hydrogen (secondary N) is 1. The maximum atomic E-state index is 13.0. The molecule has 3 aromatic carbocycles. The van der Waals surface area contributed by atoms with Gasteiger partial charge in [-0.15, -0.1) is 0 Å². The first-order chi connectivity index (χ1) is 14.2. The van der Waals surface area contributed by atoms with E-state index in [2.05, 4.69) is 5.32 Å². The first kappa shape index (κ1) is 21.6. The number of hydrogen-bond acceptors (Lipinski definition) is 3. The topological polar surface area (TPSA) is 66.5 Å². The lowest BCUT2D eigenvalue weighted by molar-refractivity contribution is 0.0940. The Hall–Kier alpha value is -3.12. The zero-order valence-corrected chi connectivity index (χ0v) is 18.4. The van der Waals surface area contributed by atoms with Crippen LogP contribution in [0.4, 0.5) is 5.69 Å². The van der Waals surface area contributed by atoms with Crippen molar-refractivity contribution in [3.05, 3.63) is 95.1 Å². The highest BCUT2D eigenvalue weighted by Crippen LogP contribution is 2.27. The zero-order chi connectivity index (χ0) is 21.9. The van der Waals surface area contributed by atoms with Gasteiger partial charge in [0.2, 0.25) is 0 Å². The molecule has 0 aliphatic carbocycles. The van der Waals surface area contributed by atoms with E-state index in [4.69, 9.17) is 0 Å². The summed E-state index contributed by atoms with van der Waals surface area (Å²) in [5.41, 5.74) is 3.78. The van der Waals surface area contributed by atoms with E-state index >= 15 is 0 Å². The minimum absolute atomic E-state index is 0.172. The first-order valence-electron chi connectivity index (χ1n) is 9.73. The Morgan fingerprint density at radius 3 is 2.20 bits per heavy atom. The summed E-state index contributed by atoms with van der Waals surface area (Å²) in [6.07, 6.45) is 0. The molecule has 0 aliphatic rings. The minimum atomic E-state index is -3.73. The van der Waals surface area contributed by atoms with Crippen LogP contribution in [0.1, 0.15) is 40.0 Å². The molecule has 6 heteroatoms. The average molecular weight is 423 g/mol. The number of hydrogen-bond donors (Lipinski definition) is 1. The molecule has 0 saturated carbocycles.